The van der Waals surface area contributed by atoms with Crippen molar-refractivity contribution < 1.29 is 22.0 Å². The van der Waals surface area contributed by atoms with Crippen LogP contribution >= 0.6 is 0 Å². The van der Waals surface area contributed by atoms with Crippen molar-refractivity contribution in [3.05, 3.63) is 29.8 Å². The molecule has 1 aromatic rings. The number of carbonyl (C=O) groups is 1. The number of rotatable bonds is 6. The molecule has 122 valence electrons. The molecule has 0 atom stereocenters. The fourth-order valence-electron chi connectivity index (χ4n) is 2.24. The highest BCUT2D eigenvalue weighted by molar-refractivity contribution is 7.92. The molecule has 2 rings (SSSR count). The van der Waals surface area contributed by atoms with Crippen LogP contribution in [-0.2, 0) is 14.8 Å². The molecule has 0 saturated heterocycles. The van der Waals surface area contributed by atoms with Crippen LogP contribution in [0.3, 0.4) is 0 Å². The molecule has 0 bridgehead atoms. The predicted octanol–water partition coefficient (Wildman–Crippen LogP) is 1.65. The number of anilines is 1. The summed E-state index contributed by atoms with van der Waals surface area (Å²) in [6.07, 6.45) is 3.64. The molecule has 1 aliphatic carbocycles. The third-order valence-corrected chi connectivity index (χ3v) is 4.85. The van der Waals surface area contributed by atoms with E-state index in [0.29, 0.717) is 6.07 Å². The zero-order valence-corrected chi connectivity index (χ0v) is 13.0. The lowest BCUT2D eigenvalue weighted by Crippen LogP contribution is -2.41. The van der Waals surface area contributed by atoms with Crippen molar-refractivity contribution in [1.82, 2.24) is 5.32 Å². The highest BCUT2D eigenvalue weighted by Gasteiger charge is 2.26. The summed E-state index contributed by atoms with van der Waals surface area (Å²) in [6, 6.07) is 2.68. The van der Waals surface area contributed by atoms with Crippen LogP contribution in [0, 0.1) is 17.6 Å². The molecule has 1 saturated carbocycles. The first-order valence-corrected chi connectivity index (χ1v) is 8.84. The van der Waals surface area contributed by atoms with Crippen molar-refractivity contribution in [2.24, 2.45) is 5.92 Å². The molecule has 0 spiro atoms. The smallest absolute Gasteiger partial charge is 0.232 e. The van der Waals surface area contributed by atoms with E-state index in [1.54, 1.807) is 0 Å². The lowest BCUT2D eigenvalue weighted by molar-refractivity contribution is -0.127. The van der Waals surface area contributed by atoms with Gasteiger partial charge in [-0.25, -0.2) is 17.2 Å². The summed E-state index contributed by atoms with van der Waals surface area (Å²) < 4.78 is 51.1. The Balaban J connectivity index is 2.05. The van der Waals surface area contributed by atoms with Gasteiger partial charge in [0.05, 0.1) is 18.5 Å². The zero-order valence-electron chi connectivity index (χ0n) is 12.2. The minimum absolute atomic E-state index is 0.00533. The highest BCUT2D eigenvalue weighted by atomic mass is 32.2. The highest BCUT2D eigenvalue weighted by Crippen LogP contribution is 2.26. The average molecular weight is 332 g/mol. The molecule has 1 N–H and O–H groups in total. The molecule has 22 heavy (non-hydrogen) atoms. The number of hydrogen-bond acceptors (Lipinski definition) is 3. The predicted molar refractivity (Wildman–Crippen MR) is 78.9 cm³/mol. The van der Waals surface area contributed by atoms with E-state index in [1.165, 1.54) is 0 Å². The number of nitrogens with zero attached hydrogens (tertiary/aromatic N) is 1. The zero-order chi connectivity index (χ0) is 16.3. The van der Waals surface area contributed by atoms with Gasteiger partial charge in [0.1, 0.15) is 11.6 Å². The van der Waals surface area contributed by atoms with E-state index >= 15 is 0 Å². The van der Waals surface area contributed by atoms with Gasteiger partial charge in [-0.05, 0) is 25.0 Å². The second-order valence-electron chi connectivity index (χ2n) is 5.35. The van der Waals surface area contributed by atoms with E-state index in [2.05, 4.69) is 5.32 Å². The summed E-state index contributed by atoms with van der Waals surface area (Å²) >= 11 is 0. The second-order valence-corrected chi connectivity index (χ2v) is 7.26. The molecular formula is C14H18F2N2O3S. The fraction of sp³-hybridized carbons (Fsp3) is 0.500. The number of nitrogens with one attached hydrogen (secondary N) is 1. The van der Waals surface area contributed by atoms with Crippen molar-refractivity contribution in [2.75, 3.05) is 23.7 Å². The Morgan fingerprint density at radius 3 is 2.55 bits per heavy atom. The molecular weight excluding hydrogens is 314 g/mol. The molecule has 0 heterocycles. The van der Waals surface area contributed by atoms with Crippen molar-refractivity contribution >= 4 is 21.6 Å². The van der Waals surface area contributed by atoms with E-state index in [4.69, 9.17) is 0 Å². The first-order chi connectivity index (χ1) is 10.3. The summed E-state index contributed by atoms with van der Waals surface area (Å²) in [5.74, 6) is -1.86. The van der Waals surface area contributed by atoms with Gasteiger partial charge in [0.25, 0.3) is 0 Å². The Bertz CT molecular complexity index is 660. The maximum absolute atomic E-state index is 13.8. The Morgan fingerprint density at radius 2 is 2.05 bits per heavy atom. The van der Waals surface area contributed by atoms with Gasteiger partial charge in [0.2, 0.25) is 15.9 Å². The number of sulfonamides is 1. The number of benzene rings is 1. The van der Waals surface area contributed by atoms with Crippen LogP contribution in [0.5, 0.6) is 0 Å². The molecule has 0 radical (unpaired) electrons. The van der Waals surface area contributed by atoms with Crippen LogP contribution in [0.25, 0.3) is 0 Å². The monoisotopic (exact) mass is 332 g/mol. The number of amides is 1. The molecule has 0 aromatic heterocycles. The van der Waals surface area contributed by atoms with Crippen LogP contribution in [-0.4, -0.2) is 33.7 Å². The largest absolute Gasteiger partial charge is 0.354 e. The summed E-state index contributed by atoms with van der Waals surface area (Å²) in [4.78, 5) is 11.7. The lowest BCUT2D eigenvalue weighted by Gasteiger charge is -2.26. The van der Waals surface area contributed by atoms with Crippen LogP contribution < -0.4 is 9.62 Å². The van der Waals surface area contributed by atoms with Crippen LogP contribution in [0.15, 0.2) is 18.2 Å². The molecule has 1 aliphatic rings. The molecule has 5 nitrogen and oxygen atoms in total. The van der Waals surface area contributed by atoms with E-state index in [9.17, 15) is 22.0 Å². The summed E-state index contributed by atoms with van der Waals surface area (Å²) in [5, 5.41) is 2.65. The molecule has 8 heteroatoms. The van der Waals surface area contributed by atoms with Crippen molar-refractivity contribution in [1.29, 1.82) is 0 Å². The summed E-state index contributed by atoms with van der Waals surface area (Å²) in [5.41, 5.74) is -0.234. The minimum Gasteiger partial charge on any atom is -0.354 e. The van der Waals surface area contributed by atoms with Crippen molar-refractivity contribution in [3.63, 3.8) is 0 Å². The van der Waals surface area contributed by atoms with Crippen LogP contribution in [0.2, 0.25) is 0 Å². The SMILES string of the molecule is CS(=O)(=O)N(CCNC(=O)C1CCC1)c1ccc(F)cc1F. The molecule has 1 fully saturated rings. The van der Waals surface area contributed by atoms with Crippen molar-refractivity contribution in [3.8, 4) is 0 Å². The second kappa shape index (κ2) is 6.60. The van der Waals surface area contributed by atoms with Crippen LogP contribution in [0.4, 0.5) is 14.5 Å². The Labute approximate surface area is 128 Å². The third kappa shape index (κ3) is 3.94. The van der Waals surface area contributed by atoms with Gasteiger partial charge < -0.3 is 5.32 Å². The van der Waals surface area contributed by atoms with Gasteiger partial charge in [-0.2, -0.15) is 0 Å². The molecule has 1 amide bonds. The normalized spacial score (nSPS) is 15.2. The quantitative estimate of drug-likeness (QED) is 0.861. The molecule has 0 unspecified atom stereocenters. The topological polar surface area (TPSA) is 66.5 Å². The summed E-state index contributed by atoms with van der Waals surface area (Å²) in [6.45, 7) is -0.0426. The van der Waals surface area contributed by atoms with Gasteiger partial charge in [-0.15, -0.1) is 0 Å². The number of carbonyl (C=O) groups excluding carboxylic acids is 1. The van der Waals surface area contributed by atoms with E-state index in [1.807, 2.05) is 0 Å². The van der Waals surface area contributed by atoms with E-state index in [0.717, 1.165) is 42.0 Å². The maximum atomic E-state index is 13.8. The maximum Gasteiger partial charge on any atom is 0.232 e. The van der Waals surface area contributed by atoms with E-state index < -0.39 is 21.7 Å². The van der Waals surface area contributed by atoms with E-state index in [-0.39, 0.29) is 30.6 Å². The minimum atomic E-state index is -3.74. The van der Waals surface area contributed by atoms with Gasteiger partial charge in [-0.1, -0.05) is 6.42 Å². The van der Waals surface area contributed by atoms with Gasteiger partial charge in [0.15, 0.2) is 0 Å². The third-order valence-electron chi connectivity index (χ3n) is 3.67. The fourth-order valence-corrected chi connectivity index (χ4v) is 3.17. The van der Waals surface area contributed by atoms with Gasteiger partial charge >= 0.3 is 0 Å². The Morgan fingerprint density at radius 1 is 1.36 bits per heavy atom. The molecule has 0 aliphatic heterocycles. The summed E-state index contributed by atoms with van der Waals surface area (Å²) in [7, 11) is -3.74. The molecule has 1 aromatic carbocycles. The van der Waals surface area contributed by atoms with Gasteiger partial charge in [0, 0.05) is 18.5 Å². The van der Waals surface area contributed by atoms with Crippen molar-refractivity contribution in [2.45, 2.75) is 19.3 Å². The van der Waals surface area contributed by atoms with Crippen LogP contribution in [0.1, 0.15) is 19.3 Å². The Hall–Kier alpha value is -1.70. The number of halogens is 2. The first-order valence-electron chi connectivity index (χ1n) is 6.99. The standard InChI is InChI=1S/C14H18F2N2O3S/c1-22(20,21)18(13-6-5-11(15)9-12(13)16)8-7-17-14(19)10-3-2-4-10/h5-6,9-10H,2-4,7-8H2,1H3,(H,17,19). The average Bonchev–Trinajstić information content (AvgIpc) is 2.32. The first kappa shape index (κ1) is 16.7. The lowest BCUT2D eigenvalue weighted by atomic mass is 9.85. The number of hydrogen-bond donors (Lipinski definition) is 1. The Kier molecular flexibility index (Phi) is 5.00. The van der Waals surface area contributed by atoms with Gasteiger partial charge in [-0.3, -0.25) is 9.10 Å².